The van der Waals surface area contributed by atoms with Gasteiger partial charge in [-0.2, -0.15) is 0 Å². The number of carbonyl (C=O) groups is 1. The van der Waals surface area contributed by atoms with Gasteiger partial charge >= 0.3 is 5.69 Å². The van der Waals surface area contributed by atoms with Crippen molar-refractivity contribution in [3.8, 4) is 0 Å². The lowest BCUT2D eigenvalue weighted by Gasteiger charge is -2.10. The van der Waals surface area contributed by atoms with Crippen LogP contribution in [0, 0.1) is 5.92 Å². The predicted molar refractivity (Wildman–Crippen MR) is 82.8 cm³/mol. The molecule has 1 unspecified atom stereocenters. The van der Waals surface area contributed by atoms with Crippen LogP contribution in [-0.2, 0) is 24.3 Å². The van der Waals surface area contributed by atoms with Crippen LogP contribution in [0.4, 0.5) is 0 Å². The van der Waals surface area contributed by atoms with Crippen LogP contribution in [-0.4, -0.2) is 36.5 Å². The van der Waals surface area contributed by atoms with E-state index in [1.807, 2.05) is 10.8 Å². The van der Waals surface area contributed by atoms with Gasteiger partial charge in [-0.05, 0) is 12.1 Å². The van der Waals surface area contributed by atoms with E-state index < -0.39 is 0 Å². The number of hydrogen-bond donors (Lipinski definition) is 2. The van der Waals surface area contributed by atoms with Gasteiger partial charge in [0.05, 0.1) is 11.4 Å². The highest BCUT2D eigenvalue weighted by molar-refractivity contribution is 5.79. The summed E-state index contributed by atoms with van der Waals surface area (Å²) in [4.78, 5) is 35.3. The molecule has 3 aromatic heterocycles. The Morgan fingerprint density at radius 2 is 2.30 bits per heavy atom. The maximum atomic E-state index is 12.2. The first-order chi connectivity index (χ1) is 11.2. The second-order valence-corrected chi connectivity index (χ2v) is 5.64. The molecule has 0 spiro atoms. The first-order valence-electron chi connectivity index (χ1n) is 7.53. The Labute approximate surface area is 131 Å². The van der Waals surface area contributed by atoms with Crippen LogP contribution < -0.4 is 11.0 Å². The van der Waals surface area contributed by atoms with Crippen LogP contribution in [0.2, 0.25) is 0 Å². The number of aromatic nitrogens is 5. The fourth-order valence-corrected chi connectivity index (χ4v) is 3.03. The number of nitrogens with zero attached hydrogens (tertiary/aromatic N) is 4. The maximum Gasteiger partial charge on any atom is 0.327 e. The lowest BCUT2D eigenvalue weighted by molar-refractivity contribution is -0.124. The van der Waals surface area contributed by atoms with Gasteiger partial charge in [0.15, 0.2) is 5.65 Å². The zero-order valence-corrected chi connectivity index (χ0v) is 12.4. The molecular formula is C15H16N6O2. The summed E-state index contributed by atoms with van der Waals surface area (Å²) in [6, 6.07) is 3.58. The summed E-state index contributed by atoms with van der Waals surface area (Å²) in [7, 11) is 0. The molecule has 0 saturated carbocycles. The lowest BCUT2D eigenvalue weighted by Crippen LogP contribution is -2.35. The number of fused-ring (bicyclic) bond motifs is 2. The van der Waals surface area contributed by atoms with Gasteiger partial charge in [0, 0.05) is 44.6 Å². The Hall–Kier alpha value is -2.90. The number of H-pyrrole nitrogens is 1. The van der Waals surface area contributed by atoms with E-state index >= 15 is 0 Å². The third-order valence-corrected chi connectivity index (χ3v) is 4.18. The van der Waals surface area contributed by atoms with Gasteiger partial charge in [0.25, 0.3) is 0 Å². The average Bonchev–Trinajstić information content (AvgIpc) is 3.20. The van der Waals surface area contributed by atoms with E-state index in [-0.39, 0.29) is 17.5 Å². The molecule has 3 aromatic rings. The van der Waals surface area contributed by atoms with E-state index in [9.17, 15) is 9.59 Å². The number of nitrogens with one attached hydrogen (secondary N) is 2. The molecule has 4 rings (SSSR count). The molecule has 118 valence electrons. The normalized spacial score (nSPS) is 16.6. The number of amides is 1. The second kappa shape index (κ2) is 5.38. The minimum Gasteiger partial charge on any atom is -0.354 e. The highest BCUT2D eigenvalue weighted by Gasteiger charge is 2.27. The number of aromatic amines is 1. The van der Waals surface area contributed by atoms with Gasteiger partial charge in [-0.15, -0.1) is 0 Å². The van der Waals surface area contributed by atoms with Crippen molar-refractivity contribution >= 4 is 17.1 Å². The van der Waals surface area contributed by atoms with Crippen LogP contribution >= 0.6 is 0 Å². The van der Waals surface area contributed by atoms with Crippen LogP contribution in [0.3, 0.4) is 0 Å². The minimum atomic E-state index is -0.214. The standard InChI is InChI=1S/C15H16N6O2/c22-14(10-8-12-16-4-6-20(12)9-10)18-5-7-21-13-11(19-15(21)23)2-1-3-17-13/h1-4,6,10H,5,7-9H2,(H,18,22)(H,19,23). The molecule has 23 heavy (non-hydrogen) atoms. The first-order valence-corrected chi connectivity index (χ1v) is 7.53. The molecule has 8 nitrogen and oxygen atoms in total. The molecule has 1 amide bonds. The van der Waals surface area contributed by atoms with Crippen LogP contribution in [0.25, 0.3) is 11.2 Å². The molecule has 2 N–H and O–H groups in total. The van der Waals surface area contributed by atoms with Crippen molar-refractivity contribution in [3.05, 3.63) is 47.0 Å². The molecular weight excluding hydrogens is 296 g/mol. The highest BCUT2D eigenvalue weighted by atomic mass is 16.2. The zero-order chi connectivity index (χ0) is 15.8. The molecule has 4 heterocycles. The fourth-order valence-electron chi connectivity index (χ4n) is 3.03. The van der Waals surface area contributed by atoms with Gasteiger partial charge in [-0.1, -0.05) is 0 Å². The summed E-state index contributed by atoms with van der Waals surface area (Å²) < 4.78 is 3.54. The van der Waals surface area contributed by atoms with Crippen molar-refractivity contribution in [1.82, 2.24) is 29.4 Å². The van der Waals surface area contributed by atoms with Crippen molar-refractivity contribution in [2.75, 3.05) is 6.54 Å². The maximum absolute atomic E-state index is 12.2. The number of hydrogen-bond acceptors (Lipinski definition) is 4. The Balaban J connectivity index is 1.38. The summed E-state index contributed by atoms with van der Waals surface area (Å²) in [5.74, 6) is 0.857. The summed E-state index contributed by atoms with van der Waals surface area (Å²) in [6.45, 7) is 1.44. The Morgan fingerprint density at radius 1 is 1.39 bits per heavy atom. The quantitative estimate of drug-likeness (QED) is 0.703. The van der Waals surface area contributed by atoms with Gasteiger partial charge in [0.2, 0.25) is 5.91 Å². The summed E-state index contributed by atoms with van der Waals surface area (Å²) >= 11 is 0. The number of imidazole rings is 2. The molecule has 0 fully saturated rings. The van der Waals surface area contributed by atoms with Crippen molar-refractivity contribution in [2.24, 2.45) is 5.92 Å². The fraction of sp³-hybridized carbons (Fsp3) is 0.333. The smallest absolute Gasteiger partial charge is 0.327 e. The van der Waals surface area contributed by atoms with Crippen molar-refractivity contribution in [2.45, 2.75) is 19.5 Å². The van der Waals surface area contributed by atoms with Crippen LogP contribution in [0.1, 0.15) is 5.82 Å². The Morgan fingerprint density at radius 3 is 3.17 bits per heavy atom. The van der Waals surface area contributed by atoms with Gasteiger partial charge < -0.3 is 14.9 Å². The molecule has 1 atom stereocenters. The number of pyridine rings is 1. The monoisotopic (exact) mass is 312 g/mol. The molecule has 1 aliphatic heterocycles. The topological polar surface area (TPSA) is 97.6 Å². The van der Waals surface area contributed by atoms with Crippen molar-refractivity contribution < 1.29 is 4.79 Å². The lowest BCUT2D eigenvalue weighted by atomic mass is 10.1. The summed E-state index contributed by atoms with van der Waals surface area (Å²) in [6.07, 6.45) is 5.94. The van der Waals surface area contributed by atoms with E-state index in [0.717, 1.165) is 5.82 Å². The van der Waals surface area contributed by atoms with E-state index in [0.29, 0.717) is 37.2 Å². The molecule has 0 bridgehead atoms. The zero-order valence-electron chi connectivity index (χ0n) is 12.4. The molecule has 0 radical (unpaired) electrons. The summed E-state index contributed by atoms with van der Waals surface area (Å²) in [5.41, 5.74) is 1.09. The van der Waals surface area contributed by atoms with E-state index in [2.05, 4.69) is 20.3 Å². The molecule has 0 saturated heterocycles. The number of rotatable bonds is 4. The van der Waals surface area contributed by atoms with E-state index in [4.69, 9.17) is 0 Å². The number of carbonyl (C=O) groups excluding carboxylic acids is 1. The van der Waals surface area contributed by atoms with Gasteiger partial charge in [0.1, 0.15) is 5.82 Å². The first kappa shape index (κ1) is 13.7. The summed E-state index contributed by atoms with van der Waals surface area (Å²) in [5, 5.41) is 2.90. The SMILES string of the molecule is O=C(NCCn1c(=O)[nH]c2cccnc21)C1Cc2nccn2C1. The molecule has 8 heteroatoms. The molecule has 0 aromatic carbocycles. The van der Waals surface area contributed by atoms with E-state index in [1.54, 1.807) is 24.5 Å². The van der Waals surface area contributed by atoms with Crippen molar-refractivity contribution in [1.29, 1.82) is 0 Å². The molecule has 1 aliphatic rings. The van der Waals surface area contributed by atoms with Gasteiger partial charge in [-0.25, -0.2) is 14.8 Å². The van der Waals surface area contributed by atoms with Crippen LogP contribution in [0.15, 0.2) is 35.5 Å². The third kappa shape index (κ3) is 2.41. The van der Waals surface area contributed by atoms with E-state index in [1.165, 1.54) is 4.57 Å². The molecule has 0 aliphatic carbocycles. The van der Waals surface area contributed by atoms with Crippen LogP contribution in [0.5, 0.6) is 0 Å². The minimum absolute atomic E-state index is 0.00338. The second-order valence-electron chi connectivity index (χ2n) is 5.64. The average molecular weight is 312 g/mol. The predicted octanol–water partition coefficient (Wildman–Crippen LogP) is -0.0902. The third-order valence-electron chi connectivity index (χ3n) is 4.18. The van der Waals surface area contributed by atoms with Crippen molar-refractivity contribution in [3.63, 3.8) is 0 Å². The largest absolute Gasteiger partial charge is 0.354 e. The highest BCUT2D eigenvalue weighted by Crippen LogP contribution is 2.18. The Kier molecular flexibility index (Phi) is 3.22. The van der Waals surface area contributed by atoms with Gasteiger partial charge in [-0.3, -0.25) is 9.36 Å². The Bertz CT molecular complexity index is 901.